The number of hydrogen-bond acceptors (Lipinski definition) is 3. The van der Waals surface area contributed by atoms with Gasteiger partial charge >= 0.3 is 0 Å². The number of ether oxygens (including phenoxy) is 1. The Balaban J connectivity index is 1.83. The van der Waals surface area contributed by atoms with E-state index in [4.69, 9.17) is 4.74 Å². The van der Waals surface area contributed by atoms with Gasteiger partial charge in [-0.2, -0.15) is 0 Å². The number of rotatable bonds is 5. The quantitative estimate of drug-likeness (QED) is 0.906. The van der Waals surface area contributed by atoms with Crippen molar-refractivity contribution in [3.63, 3.8) is 0 Å². The van der Waals surface area contributed by atoms with Crippen LogP contribution in [-0.4, -0.2) is 29.5 Å². The number of benzene rings is 1. The summed E-state index contributed by atoms with van der Waals surface area (Å²) in [5.74, 6) is 1.76. The average molecular weight is 288 g/mol. The first-order valence-electron chi connectivity index (χ1n) is 7.96. The predicted molar refractivity (Wildman–Crippen MR) is 82.0 cm³/mol. The molecule has 21 heavy (non-hydrogen) atoms. The second-order valence-electron chi connectivity index (χ2n) is 6.06. The molecule has 114 valence electrons. The Morgan fingerprint density at radius 1 is 1.29 bits per heavy atom. The van der Waals surface area contributed by atoms with Crippen LogP contribution in [0.25, 0.3) is 0 Å². The zero-order valence-corrected chi connectivity index (χ0v) is 13.0. The SMILES string of the molecule is CCOc1ccc(C2NC(CC)C(=O)N2C2CC2C)cc1. The molecule has 1 amide bonds. The molecule has 2 aliphatic rings. The third-order valence-electron chi connectivity index (χ3n) is 4.53. The van der Waals surface area contributed by atoms with Crippen LogP contribution < -0.4 is 10.1 Å². The minimum atomic E-state index is -0.0469. The summed E-state index contributed by atoms with van der Waals surface area (Å²) in [4.78, 5) is 14.6. The molecule has 4 nitrogen and oxygen atoms in total. The summed E-state index contributed by atoms with van der Waals surface area (Å²) < 4.78 is 5.49. The summed E-state index contributed by atoms with van der Waals surface area (Å²) in [6.45, 7) is 6.92. The van der Waals surface area contributed by atoms with Crippen LogP contribution in [-0.2, 0) is 4.79 Å². The first-order valence-corrected chi connectivity index (χ1v) is 7.96. The van der Waals surface area contributed by atoms with E-state index in [2.05, 4.69) is 36.2 Å². The van der Waals surface area contributed by atoms with Gasteiger partial charge in [0.25, 0.3) is 0 Å². The van der Waals surface area contributed by atoms with Crippen LogP contribution in [0.1, 0.15) is 45.3 Å². The maximum Gasteiger partial charge on any atom is 0.241 e. The summed E-state index contributed by atoms with van der Waals surface area (Å²) in [5, 5.41) is 3.49. The summed E-state index contributed by atoms with van der Waals surface area (Å²) in [6, 6.07) is 8.45. The van der Waals surface area contributed by atoms with E-state index < -0.39 is 0 Å². The van der Waals surface area contributed by atoms with Crippen molar-refractivity contribution in [3.05, 3.63) is 29.8 Å². The molecular formula is C17H24N2O2. The molecule has 0 bridgehead atoms. The maximum atomic E-state index is 12.6. The molecule has 1 heterocycles. The molecule has 0 radical (unpaired) electrons. The first kappa shape index (κ1) is 14.4. The Morgan fingerprint density at radius 2 is 1.95 bits per heavy atom. The summed E-state index contributed by atoms with van der Waals surface area (Å²) in [6.07, 6.45) is 1.97. The highest BCUT2D eigenvalue weighted by molar-refractivity contribution is 5.85. The monoisotopic (exact) mass is 288 g/mol. The third-order valence-corrected chi connectivity index (χ3v) is 4.53. The van der Waals surface area contributed by atoms with E-state index in [0.717, 1.165) is 24.2 Å². The van der Waals surface area contributed by atoms with Gasteiger partial charge in [-0.15, -0.1) is 0 Å². The molecule has 1 aromatic carbocycles. The van der Waals surface area contributed by atoms with Crippen LogP contribution in [0.15, 0.2) is 24.3 Å². The molecule has 1 saturated heterocycles. The van der Waals surface area contributed by atoms with Gasteiger partial charge in [0.2, 0.25) is 5.91 Å². The number of hydrogen-bond donors (Lipinski definition) is 1. The Kier molecular flexibility index (Phi) is 3.89. The fourth-order valence-electron chi connectivity index (χ4n) is 3.16. The molecule has 4 heteroatoms. The van der Waals surface area contributed by atoms with E-state index >= 15 is 0 Å². The molecule has 1 aliphatic heterocycles. The lowest BCUT2D eigenvalue weighted by Crippen LogP contribution is -2.33. The normalized spacial score (nSPS) is 31.6. The smallest absolute Gasteiger partial charge is 0.241 e. The Labute approximate surface area is 126 Å². The van der Waals surface area contributed by atoms with Crippen LogP contribution >= 0.6 is 0 Å². The molecule has 1 N–H and O–H groups in total. The molecule has 0 spiro atoms. The van der Waals surface area contributed by atoms with Gasteiger partial charge in [0.1, 0.15) is 11.9 Å². The van der Waals surface area contributed by atoms with Crippen molar-refractivity contribution in [2.75, 3.05) is 6.61 Å². The zero-order valence-electron chi connectivity index (χ0n) is 13.0. The van der Waals surface area contributed by atoms with E-state index in [9.17, 15) is 4.79 Å². The standard InChI is InChI=1S/C17H24N2O2/c1-4-14-17(20)19(15-10-11(15)3)16(18-14)12-6-8-13(9-7-12)21-5-2/h6-9,11,14-16,18H,4-5,10H2,1-3H3. The Bertz CT molecular complexity index is 514. The van der Waals surface area contributed by atoms with E-state index in [1.165, 1.54) is 0 Å². The van der Waals surface area contributed by atoms with Gasteiger partial charge in [0, 0.05) is 6.04 Å². The molecule has 4 unspecified atom stereocenters. The molecule has 2 fully saturated rings. The van der Waals surface area contributed by atoms with Crippen molar-refractivity contribution in [1.82, 2.24) is 10.2 Å². The van der Waals surface area contributed by atoms with Gasteiger partial charge in [-0.25, -0.2) is 0 Å². The first-order chi connectivity index (χ1) is 10.2. The molecule has 1 saturated carbocycles. The lowest BCUT2D eigenvalue weighted by Gasteiger charge is -2.25. The van der Waals surface area contributed by atoms with Gasteiger partial charge < -0.3 is 9.64 Å². The minimum Gasteiger partial charge on any atom is -0.494 e. The molecular weight excluding hydrogens is 264 g/mol. The Hall–Kier alpha value is -1.55. The van der Waals surface area contributed by atoms with Crippen LogP contribution in [0.4, 0.5) is 0 Å². The van der Waals surface area contributed by atoms with Gasteiger partial charge in [-0.1, -0.05) is 26.0 Å². The van der Waals surface area contributed by atoms with E-state index in [0.29, 0.717) is 18.6 Å². The zero-order chi connectivity index (χ0) is 15.0. The van der Waals surface area contributed by atoms with E-state index in [-0.39, 0.29) is 18.1 Å². The highest BCUT2D eigenvalue weighted by atomic mass is 16.5. The van der Waals surface area contributed by atoms with Gasteiger partial charge in [0.15, 0.2) is 0 Å². The van der Waals surface area contributed by atoms with Crippen LogP contribution in [0.2, 0.25) is 0 Å². The highest BCUT2D eigenvalue weighted by Gasteiger charge is 2.49. The summed E-state index contributed by atoms with van der Waals surface area (Å²) in [5.41, 5.74) is 1.14. The topological polar surface area (TPSA) is 41.6 Å². The number of nitrogens with zero attached hydrogens (tertiary/aromatic N) is 1. The molecule has 0 aromatic heterocycles. The maximum absolute atomic E-state index is 12.6. The van der Waals surface area contributed by atoms with Crippen molar-refractivity contribution in [2.24, 2.45) is 5.92 Å². The number of carbonyl (C=O) groups is 1. The van der Waals surface area contributed by atoms with Crippen molar-refractivity contribution < 1.29 is 9.53 Å². The number of amides is 1. The molecule has 4 atom stereocenters. The van der Waals surface area contributed by atoms with Gasteiger partial charge in [-0.3, -0.25) is 10.1 Å². The fraction of sp³-hybridized carbons (Fsp3) is 0.588. The van der Waals surface area contributed by atoms with E-state index in [1.54, 1.807) is 0 Å². The van der Waals surface area contributed by atoms with Crippen LogP contribution in [0.3, 0.4) is 0 Å². The number of carbonyl (C=O) groups excluding carboxylic acids is 1. The van der Waals surface area contributed by atoms with Crippen molar-refractivity contribution in [3.8, 4) is 5.75 Å². The highest BCUT2D eigenvalue weighted by Crippen LogP contribution is 2.42. The van der Waals surface area contributed by atoms with Crippen molar-refractivity contribution >= 4 is 5.91 Å². The van der Waals surface area contributed by atoms with Crippen LogP contribution in [0.5, 0.6) is 5.75 Å². The fourth-order valence-corrected chi connectivity index (χ4v) is 3.16. The summed E-state index contributed by atoms with van der Waals surface area (Å²) >= 11 is 0. The molecule has 1 aromatic rings. The molecule has 1 aliphatic carbocycles. The van der Waals surface area contributed by atoms with E-state index in [1.807, 2.05) is 19.1 Å². The van der Waals surface area contributed by atoms with Gasteiger partial charge in [0.05, 0.1) is 12.6 Å². The largest absolute Gasteiger partial charge is 0.494 e. The lowest BCUT2D eigenvalue weighted by atomic mass is 10.1. The predicted octanol–water partition coefficient (Wildman–Crippen LogP) is 2.70. The lowest BCUT2D eigenvalue weighted by molar-refractivity contribution is -0.130. The van der Waals surface area contributed by atoms with Gasteiger partial charge in [-0.05, 0) is 43.4 Å². The number of nitrogens with one attached hydrogen (secondary N) is 1. The Morgan fingerprint density at radius 3 is 2.48 bits per heavy atom. The minimum absolute atomic E-state index is 0.00748. The summed E-state index contributed by atoms with van der Waals surface area (Å²) in [7, 11) is 0. The van der Waals surface area contributed by atoms with Crippen molar-refractivity contribution in [2.45, 2.75) is 51.9 Å². The van der Waals surface area contributed by atoms with Crippen molar-refractivity contribution in [1.29, 1.82) is 0 Å². The second-order valence-corrected chi connectivity index (χ2v) is 6.06. The third kappa shape index (κ3) is 2.64. The average Bonchev–Trinajstić information content (AvgIpc) is 3.10. The molecule has 3 rings (SSSR count). The van der Waals surface area contributed by atoms with Crippen LogP contribution in [0, 0.1) is 5.92 Å². The second kappa shape index (κ2) is 5.68.